The van der Waals surface area contributed by atoms with E-state index in [0.717, 1.165) is 17.0 Å². The summed E-state index contributed by atoms with van der Waals surface area (Å²) in [5.41, 5.74) is 0.906. The molecule has 174 valence electrons. The number of hydrogen-bond donors (Lipinski definition) is 1. The molecular formula is C24H26F3N5O. The van der Waals surface area contributed by atoms with E-state index in [4.69, 9.17) is 0 Å². The van der Waals surface area contributed by atoms with Crippen LogP contribution in [0.25, 0.3) is 5.82 Å². The predicted molar refractivity (Wildman–Crippen MR) is 118 cm³/mol. The third-order valence-corrected chi connectivity index (χ3v) is 6.06. The molecule has 1 atom stereocenters. The lowest BCUT2D eigenvalue weighted by atomic mass is 9.85. The van der Waals surface area contributed by atoms with Crippen molar-refractivity contribution in [3.05, 3.63) is 77.2 Å². The number of hydrogen-bond acceptors (Lipinski definition) is 4. The normalized spacial score (nSPS) is 19.1. The zero-order chi connectivity index (χ0) is 23.6. The summed E-state index contributed by atoms with van der Waals surface area (Å²) in [6.07, 6.45) is -3.35. The Labute approximate surface area is 190 Å². The largest absolute Gasteiger partial charge is 0.404 e. The first kappa shape index (κ1) is 23.0. The number of halogens is 3. The second-order valence-corrected chi connectivity index (χ2v) is 8.57. The van der Waals surface area contributed by atoms with E-state index in [1.165, 1.54) is 0 Å². The number of pyridine rings is 1. The first-order chi connectivity index (χ1) is 15.7. The minimum atomic E-state index is -4.64. The average molecular weight is 458 g/mol. The number of carbonyl (C=O) groups is 1. The predicted octanol–water partition coefficient (Wildman–Crippen LogP) is 3.95. The van der Waals surface area contributed by atoms with Gasteiger partial charge in [-0.25, -0.2) is 9.67 Å². The number of carbonyl (C=O) groups excluding carboxylic acids is 1. The summed E-state index contributed by atoms with van der Waals surface area (Å²) in [4.78, 5) is 18.9. The Hall–Kier alpha value is -3.20. The van der Waals surface area contributed by atoms with Crippen molar-refractivity contribution in [2.24, 2.45) is 5.41 Å². The zero-order valence-electron chi connectivity index (χ0n) is 18.6. The van der Waals surface area contributed by atoms with Gasteiger partial charge in [-0.1, -0.05) is 36.4 Å². The number of aryl methyl sites for hydroxylation is 2. The smallest absolute Gasteiger partial charge is 0.351 e. The molecule has 0 bridgehead atoms. The summed E-state index contributed by atoms with van der Waals surface area (Å²) in [5, 5.41) is 6.86. The van der Waals surface area contributed by atoms with Gasteiger partial charge in [0.1, 0.15) is 0 Å². The molecule has 9 heteroatoms. The van der Waals surface area contributed by atoms with Crippen molar-refractivity contribution in [3.63, 3.8) is 0 Å². The maximum atomic E-state index is 14.1. The quantitative estimate of drug-likeness (QED) is 0.609. The Morgan fingerprint density at radius 3 is 2.48 bits per heavy atom. The molecule has 6 nitrogen and oxygen atoms in total. The maximum Gasteiger partial charge on any atom is 0.404 e. The summed E-state index contributed by atoms with van der Waals surface area (Å²) >= 11 is 0. The van der Waals surface area contributed by atoms with E-state index in [0.29, 0.717) is 17.9 Å². The molecule has 33 heavy (non-hydrogen) atoms. The van der Waals surface area contributed by atoms with Gasteiger partial charge in [0.05, 0.1) is 5.69 Å². The highest BCUT2D eigenvalue weighted by molar-refractivity contribution is 5.84. The minimum Gasteiger partial charge on any atom is -0.351 e. The average Bonchev–Trinajstić information content (AvgIpc) is 3.36. The number of amides is 1. The second kappa shape index (κ2) is 8.97. The minimum absolute atomic E-state index is 0.0280. The first-order valence-electron chi connectivity index (χ1n) is 10.8. The Morgan fingerprint density at radius 1 is 1.12 bits per heavy atom. The molecule has 1 unspecified atom stereocenters. The number of benzene rings is 1. The van der Waals surface area contributed by atoms with Crippen LogP contribution in [-0.2, 0) is 17.9 Å². The lowest BCUT2D eigenvalue weighted by Crippen LogP contribution is -2.52. The maximum absolute atomic E-state index is 14.1. The topological polar surface area (TPSA) is 63.1 Å². The molecule has 1 aromatic carbocycles. The molecule has 1 aliphatic rings. The van der Waals surface area contributed by atoms with E-state index < -0.39 is 17.5 Å². The molecular weight excluding hydrogens is 431 g/mol. The molecule has 1 N–H and O–H groups in total. The van der Waals surface area contributed by atoms with E-state index in [1.807, 2.05) is 50.2 Å². The van der Waals surface area contributed by atoms with Gasteiger partial charge in [-0.3, -0.25) is 9.69 Å². The molecule has 1 fully saturated rings. The highest BCUT2D eigenvalue weighted by Crippen LogP contribution is 2.46. The van der Waals surface area contributed by atoms with Crippen molar-refractivity contribution in [2.75, 3.05) is 13.1 Å². The SMILES string of the molecule is Cc1cc(C)n(-c2ccc(CNC(=O)C3(C(F)(F)F)CCN(Cc4ccccc4)C3)cn2)n1. The van der Waals surface area contributed by atoms with Gasteiger partial charge >= 0.3 is 6.18 Å². The Bertz CT molecular complexity index is 1110. The standard InChI is InChI=1S/C24H26F3N5O/c1-17-12-18(2)32(30-17)21-9-8-20(13-28-21)14-29-22(33)23(24(25,26)27)10-11-31(16-23)15-19-6-4-3-5-7-19/h3-9,12-13H,10-11,14-16H2,1-2H3,(H,29,33). The van der Waals surface area contributed by atoms with E-state index in [1.54, 1.807) is 27.9 Å². The number of alkyl halides is 3. The van der Waals surface area contributed by atoms with Crippen molar-refractivity contribution < 1.29 is 18.0 Å². The first-order valence-corrected chi connectivity index (χ1v) is 10.8. The molecule has 1 aliphatic heterocycles. The lowest BCUT2D eigenvalue weighted by Gasteiger charge is -2.30. The van der Waals surface area contributed by atoms with Crippen LogP contribution in [0.4, 0.5) is 13.2 Å². The van der Waals surface area contributed by atoms with Crippen LogP contribution in [-0.4, -0.2) is 44.8 Å². The van der Waals surface area contributed by atoms with Crippen LogP contribution in [0.1, 0.15) is 28.9 Å². The van der Waals surface area contributed by atoms with E-state index >= 15 is 0 Å². The highest BCUT2D eigenvalue weighted by Gasteiger charge is 2.62. The van der Waals surface area contributed by atoms with Crippen LogP contribution in [0, 0.1) is 19.3 Å². The molecule has 1 amide bonds. The van der Waals surface area contributed by atoms with E-state index in [9.17, 15) is 18.0 Å². The van der Waals surface area contributed by atoms with Crippen molar-refractivity contribution in [3.8, 4) is 5.82 Å². The van der Waals surface area contributed by atoms with Gasteiger partial charge in [-0.2, -0.15) is 18.3 Å². The number of nitrogens with zero attached hydrogens (tertiary/aromatic N) is 4. The number of rotatable bonds is 6. The van der Waals surface area contributed by atoms with Crippen molar-refractivity contribution >= 4 is 5.91 Å². The molecule has 4 rings (SSSR count). The van der Waals surface area contributed by atoms with Crippen LogP contribution in [0.2, 0.25) is 0 Å². The summed E-state index contributed by atoms with van der Waals surface area (Å²) in [6.45, 7) is 4.00. The van der Waals surface area contributed by atoms with Gasteiger partial charge in [0.25, 0.3) is 0 Å². The van der Waals surface area contributed by atoms with Crippen LogP contribution >= 0.6 is 0 Å². The molecule has 0 aliphatic carbocycles. The van der Waals surface area contributed by atoms with Crippen LogP contribution in [0.15, 0.2) is 54.7 Å². The summed E-state index contributed by atoms with van der Waals surface area (Å²) in [5.74, 6) is -0.386. The fourth-order valence-electron chi connectivity index (χ4n) is 4.27. The van der Waals surface area contributed by atoms with Crippen molar-refractivity contribution in [1.29, 1.82) is 0 Å². The zero-order valence-corrected chi connectivity index (χ0v) is 18.6. The molecule has 2 aromatic heterocycles. The van der Waals surface area contributed by atoms with Gasteiger partial charge in [-0.05, 0) is 50.1 Å². The third-order valence-electron chi connectivity index (χ3n) is 6.06. The van der Waals surface area contributed by atoms with Crippen LogP contribution in [0.3, 0.4) is 0 Å². The molecule has 0 radical (unpaired) electrons. The van der Waals surface area contributed by atoms with Crippen LogP contribution < -0.4 is 5.32 Å². The molecule has 3 aromatic rings. The summed E-state index contributed by atoms with van der Waals surface area (Å²) in [7, 11) is 0. The molecule has 3 heterocycles. The molecule has 0 spiro atoms. The van der Waals surface area contributed by atoms with Gasteiger partial charge < -0.3 is 5.32 Å². The monoisotopic (exact) mass is 457 g/mol. The van der Waals surface area contributed by atoms with Gasteiger partial charge in [0, 0.05) is 31.5 Å². The third kappa shape index (κ3) is 4.78. The molecule has 1 saturated heterocycles. The fraction of sp³-hybridized carbons (Fsp3) is 0.375. The van der Waals surface area contributed by atoms with Gasteiger partial charge in [0.2, 0.25) is 5.91 Å². The van der Waals surface area contributed by atoms with E-state index in [2.05, 4.69) is 15.4 Å². The second-order valence-electron chi connectivity index (χ2n) is 8.57. The van der Waals surface area contributed by atoms with Crippen molar-refractivity contribution in [2.45, 2.75) is 39.5 Å². The highest BCUT2D eigenvalue weighted by atomic mass is 19.4. The summed E-state index contributed by atoms with van der Waals surface area (Å²) < 4.78 is 43.9. The number of nitrogens with one attached hydrogen (secondary N) is 1. The Kier molecular flexibility index (Phi) is 6.25. The Balaban J connectivity index is 1.42. The van der Waals surface area contributed by atoms with Gasteiger partial charge in [-0.15, -0.1) is 0 Å². The number of aromatic nitrogens is 3. The van der Waals surface area contributed by atoms with Gasteiger partial charge in [0.15, 0.2) is 11.2 Å². The van der Waals surface area contributed by atoms with Crippen LogP contribution in [0.5, 0.6) is 0 Å². The summed E-state index contributed by atoms with van der Waals surface area (Å²) in [6, 6.07) is 14.7. The number of likely N-dealkylation sites (tertiary alicyclic amines) is 1. The Morgan fingerprint density at radius 2 is 1.88 bits per heavy atom. The van der Waals surface area contributed by atoms with E-state index in [-0.39, 0.29) is 26.1 Å². The lowest BCUT2D eigenvalue weighted by molar-refractivity contribution is -0.218. The van der Waals surface area contributed by atoms with Crippen molar-refractivity contribution in [1.82, 2.24) is 25.0 Å². The fourth-order valence-corrected chi connectivity index (χ4v) is 4.27. The molecule has 0 saturated carbocycles.